The SMILES string of the molecule is O=C(NC1CCC(Oc2cc(N3CCOCC3)cc3nccnc23)CC1)c1ncccc1F. The Balaban J connectivity index is 1.25. The van der Waals surface area contributed by atoms with Crippen LogP contribution in [-0.2, 0) is 4.74 Å². The Morgan fingerprint density at radius 3 is 2.64 bits per heavy atom. The lowest BCUT2D eigenvalue weighted by atomic mass is 9.92. The largest absolute Gasteiger partial charge is 0.488 e. The maximum atomic E-state index is 13.8. The summed E-state index contributed by atoms with van der Waals surface area (Å²) >= 11 is 0. The lowest BCUT2D eigenvalue weighted by Gasteiger charge is -2.31. The highest BCUT2D eigenvalue weighted by Crippen LogP contribution is 2.33. The fraction of sp³-hybridized carbons (Fsp3) is 0.417. The van der Waals surface area contributed by atoms with Gasteiger partial charge in [-0.15, -0.1) is 0 Å². The van der Waals surface area contributed by atoms with Crippen molar-refractivity contribution in [2.75, 3.05) is 31.2 Å². The number of aromatic nitrogens is 3. The molecular formula is C24H26FN5O3. The molecule has 9 heteroatoms. The van der Waals surface area contributed by atoms with Gasteiger partial charge in [-0.2, -0.15) is 0 Å². The highest BCUT2D eigenvalue weighted by atomic mass is 19.1. The Morgan fingerprint density at radius 2 is 1.85 bits per heavy atom. The molecule has 172 valence electrons. The number of carbonyl (C=O) groups excluding carboxylic acids is 1. The number of anilines is 1. The molecule has 1 saturated heterocycles. The number of hydrogen-bond acceptors (Lipinski definition) is 7. The highest BCUT2D eigenvalue weighted by Gasteiger charge is 2.26. The summed E-state index contributed by atoms with van der Waals surface area (Å²) in [6.07, 6.45) is 7.84. The minimum Gasteiger partial charge on any atom is -0.488 e. The van der Waals surface area contributed by atoms with Crippen molar-refractivity contribution in [3.63, 3.8) is 0 Å². The fourth-order valence-corrected chi connectivity index (χ4v) is 4.43. The predicted molar refractivity (Wildman–Crippen MR) is 121 cm³/mol. The number of ether oxygens (including phenoxy) is 2. The van der Waals surface area contributed by atoms with Gasteiger partial charge < -0.3 is 19.7 Å². The maximum Gasteiger partial charge on any atom is 0.273 e. The third-order valence-electron chi connectivity index (χ3n) is 6.18. The predicted octanol–water partition coefficient (Wildman–Crippen LogP) is 3.12. The van der Waals surface area contributed by atoms with E-state index in [-0.39, 0.29) is 17.8 Å². The molecule has 0 spiro atoms. The highest BCUT2D eigenvalue weighted by molar-refractivity contribution is 5.92. The molecule has 1 amide bonds. The van der Waals surface area contributed by atoms with E-state index in [9.17, 15) is 9.18 Å². The molecule has 0 bridgehead atoms. The number of pyridine rings is 1. The topological polar surface area (TPSA) is 89.5 Å². The molecule has 0 radical (unpaired) electrons. The molecule has 5 rings (SSSR count). The number of halogens is 1. The Kier molecular flexibility index (Phi) is 6.30. The smallest absolute Gasteiger partial charge is 0.273 e. The van der Waals surface area contributed by atoms with Gasteiger partial charge in [-0.05, 0) is 43.9 Å². The Bertz CT molecular complexity index is 1130. The van der Waals surface area contributed by atoms with Gasteiger partial charge in [0.2, 0.25) is 0 Å². The Hall–Kier alpha value is -3.33. The average molecular weight is 452 g/mol. The van der Waals surface area contributed by atoms with Gasteiger partial charge in [-0.3, -0.25) is 9.78 Å². The van der Waals surface area contributed by atoms with Crippen molar-refractivity contribution >= 4 is 22.6 Å². The van der Waals surface area contributed by atoms with Crippen LogP contribution in [0.15, 0.2) is 42.9 Å². The molecule has 0 unspecified atom stereocenters. The quantitative estimate of drug-likeness (QED) is 0.638. The molecule has 1 saturated carbocycles. The van der Waals surface area contributed by atoms with Gasteiger partial charge >= 0.3 is 0 Å². The normalized spacial score (nSPS) is 21.1. The van der Waals surface area contributed by atoms with Gasteiger partial charge in [0.1, 0.15) is 11.3 Å². The van der Waals surface area contributed by atoms with Crippen LogP contribution in [0, 0.1) is 5.82 Å². The van der Waals surface area contributed by atoms with Crippen LogP contribution in [0.1, 0.15) is 36.2 Å². The van der Waals surface area contributed by atoms with Crippen LogP contribution in [0.5, 0.6) is 5.75 Å². The van der Waals surface area contributed by atoms with Gasteiger partial charge in [0.15, 0.2) is 11.5 Å². The summed E-state index contributed by atoms with van der Waals surface area (Å²) in [5.74, 6) is -0.359. The number of nitrogens with one attached hydrogen (secondary N) is 1. The van der Waals surface area contributed by atoms with E-state index in [1.807, 2.05) is 12.1 Å². The van der Waals surface area contributed by atoms with Crippen molar-refractivity contribution in [2.45, 2.75) is 37.8 Å². The molecule has 2 aromatic heterocycles. The first kappa shape index (κ1) is 21.5. The van der Waals surface area contributed by atoms with Crippen LogP contribution < -0.4 is 15.0 Å². The van der Waals surface area contributed by atoms with Crippen molar-refractivity contribution in [2.24, 2.45) is 0 Å². The summed E-state index contributed by atoms with van der Waals surface area (Å²) in [4.78, 5) is 27.5. The molecule has 1 aliphatic heterocycles. The minimum atomic E-state index is -0.611. The standard InChI is InChI=1S/C24H26FN5O3/c25-19-2-1-7-27-22(19)24(31)29-16-3-5-18(6-4-16)33-21-15-17(30-10-12-32-13-11-30)14-20-23(21)28-9-8-26-20/h1-2,7-9,14-16,18H,3-6,10-13H2,(H,29,31). The van der Waals surface area contributed by atoms with Crippen LogP contribution in [-0.4, -0.2) is 59.3 Å². The Morgan fingerprint density at radius 1 is 1.06 bits per heavy atom. The van der Waals surface area contributed by atoms with E-state index in [1.165, 1.54) is 18.3 Å². The zero-order chi connectivity index (χ0) is 22.6. The first-order valence-electron chi connectivity index (χ1n) is 11.3. The van der Waals surface area contributed by atoms with E-state index in [0.29, 0.717) is 13.2 Å². The molecule has 1 N–H and O–H groups in total. The first-order valence-corrected chi connectivity index (χ1v) is 11.3. The number of hydrogen-bond donors (Lipinski definition) is 1. The monoisotopic (exact) mass is 451 g/mol. The Labute approximate surface area is 191 Å². The molecule has 1 aromatic carbocycles. The van der Waals surface area contributed by atoms with Crippen LogP contribution in [0.25, 0.3) is 11.0 Å². The van der Waals surface area contributed by atoms with Crippen molar-refractivity contribution < 1.29 is 18.7 Å². The summed E-state index contributed by atoms with van der Waals surface area (Å²) in [6, 6.07) is 6.76. The van der Waals surface area contributed by atoms with Crippen LogP contribution in [0.4, 0.5) is 10.1 Å². The minimum absolute atomic E-state index is 0.00915. The molecule has 3 heterocycles. The van der Waals surface area contributed by atoms with Crippen molar-refractivity contribution in [3.05, 3.63) is 54.4 Å². The first-order chi connectivity index (χ1) is 16.2. The lowest BCUT2D eigenvalue weighted by Crippen LogP contribution is -2.40. The summed E-state index contributed by atoms with van der Waals surface area (Å²) < 4.78 is 25.7. The maximum absolute atomic E-state index is 13.8. The summed E-state index contributed by atoms with van der Waals surface area (Å²) in [6.45, 7) is 3.05. The number of morpholine rings is 1. The summed E-state index contributed by atoms with van der Waals surface area (Å²) in [7, 11) is 0. The van der Waals surface area contributed by atoms with E-state index < -0.39 is 11.7 Å². The van der Waals surface area contributed by atoms with Crippen LogP contribution in [0.2, 0.25) is 0 Å². The summed E-state index contributed by atoms with van der Waals surface area (Å²) in [5.41, 5.74) is 2.44. The number of amides is 1. The van der Waals surface area contributed by atoms with Gasteiger partial charge in [-0.25, -0.2) is 14.4 Å². The number of rotatable bonds is 5. The third kappa shape index (κ3) is 4.88. The fourth-order valence-electron chi connectivity index (χ4n) is 4.43. The van der Waals surface area contributed by atoms with Gasteiger partial charge in [0.25, 0.3) is 5.91 Å². The molecule has 1 aliphatic carbocycles. The van der Waals surface area contributed by atoms with Crippen LogP contribution in [0.3, 0.4) is 0 Å². The number of benzene rings is 1. The van der Waals surface area contributed by atoms with Gasteiger partial charge in [-0.1, -0.05) is 0 Å². The lowest BCUT2D eigenvalue weighted by molar-refractivity contribution is 0.0885. The second-order valence-corrected chi connectivity index (χ2v) is 8.37. The average Bonchev–Trinajstić information content (AvgIpc) is 2.86. The number of fused-ring (bicyclic) bond motifs is 1. The second-order valence-electron chi connectivity index (χ2n) is 8.37. The van der Waals surface area contributed by atoms with Gasteiger partial charge in [0.05, 0.1) is 24.8 Å². The zero-order valence-electron chi connectivity index (χ0n) is 18.2. The van der Waals surface area contributed by atoms with Gasteiger partial charge in [0, 0.05) is 49.5 Å². The van der Waals surface area contributed by atoms with Crippen molar-refractivity contribution in [1.29, 1.82) is 0 Å². The molecule has 8 nitrogen and oxygen atoms in total. The third-order valence-corrected chi connectivity index (χ3v) is 6.18. The zero-order valence-corrected chi connectivity index (χ0v) is 18.2. The molecular weight excluding hydrogens is 425 g/mol. The van der Waals surface area contributed by atoms with Crippen LogP contribution >= 0.6 is 0 Å². The van der Waals surface area contributed by atoms with Crippen molar-refractivity contribution in [3.8, 4) is 5.75 Å². The van der Waals surface area contributed by atoms with E-state index in [4.69, 9.17) is 9.47 Å². The molecule has 3 aromatic rings. The molecule has 2 fully saturated rings. The summed E-state index contributed by atoms with van der Waals surface area (Å²) in [5, 5.41) is 2.90. The van der Waals surface area contributed by atoms with E-state index in [0.717, 1.165) is 61.2 Å². The number of nitrogens with zero attached hydrogens (tertiary/aromatic N) is 4. The van der Waals surface area contributed by atoms with E-state index >= 15 is 0 Å². The van der Waals surface area contributed by atoms with E-state index in [2.05, 4.69) is 25.2 Å². The van der Waals surface area contributed by atoms with E-state index in [1.54, 1.807) is 12.4 Å². The second kappa shape index (κ2) is 9.66. The molecule has 2 aliphatic rings. The molecule has 0 atom stereocenters. The number of carbonyl (C=O) groups is 1. The molecule has 33 heavy (non-hydrogen) atoms. The van der Waals surface area contributed by atoms with Crippen molar-refractivity contribution in [1.82, 2.24) is 20.3 Å².